The van der Waals surface area contributed by atoms with E-state index in [0.717, 1.165) is 11.3 Å². The lowest BCUT2D eigenvalue weighted by Crippen LogP contribution is -2.15. The van der Waals surface area contributed by atoms with Crippen molar-refractivity contribution in [2.45, 2.75) is 11.6 Å². The maximum absolute atomic E-state index is 12.5. The van der Waals surface area contributed by atoms with E-state index in [4.69, 9.17) is 16.3 Å². The van der Waals surface area contributed by atoms with Gasteiger partial charge in [0, 0.05) is 35.6 Å². The third-order valence-electron chi connectivity index (χ3n) is 4.43. The normalized spacial score (nSPS) is 11.1. The number of nitrogens with zero attached hydrogens (tertiary/aromatic N) is 4. The first-order chi connectivity index (χ1) is 16.7. The molecule has 0 atom stereocenters. The van der Waals surface area contributed by atoms with Crippen LogP contribution in [0.1, 0.15) is 10.5 Å². The molecule has 0 radical (unpaired) electrons. The summed E-state index contributed by atoms with van der Waals surface area (Å²) in [7, 11) is -3.80. The van der Waals surface area contributed by atoms with Gasteiger partial charge < -0.3 is 10.1 Å². The zero-order valence-corrected chi connectivity index (χ0v) is 19.9. The molecule has 4 aromatic rings. The molecule has 2 aromatic heterocycles. The molecule has 35 heavy (non-hydrogen) atoms. The van der Waals surface area contributed by atoms with Crippen LogP contribution in [0.3, 0.4) is 0 Å². The molecule has 0 spiro atoms. The molecule has 0 fully saturated rings. The van der Waals surface area contributed by atoms with E-state index >= 15 is 0 Å². The SMILES string of the molecule is O=C(Nc1ccc(S(=O)(=O)Nc2nccs2)cc1)c1ccn(COc2ccc([N+](=O)[O-])cc2Cl)n1. The lowest BCUT2D eigenvalue weighted by molar-refractivity contribution is -0.384. The average molecular weight is 535 g/mol. The van der Waals surface area contributed by atoms with Crippen molar-refractivity contribution in [1.82, 2.24) is 14.8 Å². The van der Waals surface area contributed by atoms with Crippen LogP contribution in [0, 0.1) is 10.1 Å². The van der Waals surface area contributed by atoms with E-state index in [9.17, 15) is 23.3 Å². The zero-order chi connectivity index (χ0) is 25.0. The van der Waals surface area contributed by atoms with Crippen molar-refractivity contribution >= 4 is 55.4 Å². The molecule has 0 bridgehead atoms. The molecular weight excluding hydrogens is 520 g/mol. The average Bonchev–Trinajstić information content (AvgIpc) is 3.50. The van der Waals surface area contributed by atoms with E-state index in [1.807, 2.05) is 0 Å². The first-order valence-corrected chi connectivity index (χ1v) is 12.4. The zero-order valence-electron chi connectivity index (χ0n) is 17.5. The number of halogens is 1. The predicted molar refractivity (Wildman–Crippen MR) is 128 cm³/mol. The lowest BCUT2D eigenvalue weighted by atomic mass is 10.3. The number of nitro benzene ring substituents is 1. The van der Waals surface area contributed by atoms with Gasteiger partial charge in [-0.2, -0.15) is 5.10 Å². The Morgan fingerprint density at radius 1 is 1.20 bits per heavy atom. The number of nitrogens with one attached hydrogen (secondary N) is 2. The van der Waals surface area contributed by atoms with Crippen LogP contribution in [0.5, 0.6) is 5.75 Å². The number of carbonyl (C=O) groups is 1. The van der Waals surface area contributed by atoms with Crippen LogP contribution in [0.4, 0.5) is 16.5 Å². The molecule has 0 aliphatic rings. The molecule has 180 valence electrons. The van der Waals surface area contributed by atoms with Gasteiger partial charge in [0.2, 0.25) is 0 Å². The minimum atomic E-state index is -3.80. The van der Waals surface area contributed by atoms with Crippen molar-refractivity contribution in [3.05, 3.63) is 87.1 Å². The van der Waals surface area contributed by atoms with Gasteiger partial charge in [-0.15, -0.1) is 11.3 Å². The first-order valence-electron chi connectivity index (χ1n) is 9.65. The Balaban J connectivity index is 1.35. The number of ether oxygens (including phenoxy) is 1. The Bertz CT molecular complexity index is 1470. The van der Waals surface area contributed by atoms with Crippen LogP contribution in [0.2, 0.25) is 5.02 Å². The van der Waals surface area contributed by atoms with E-state index in [1.54, 1.807) is 5.38 Å². The third-order valence-corrected chi connectivity index (χ3v) is 6.90. The van der Waals surface area contributed by atoms with Crippen molar-refractivity contribution in [1.29, 1.82) is 0 Å². The maximum Gasteiger partial charge on any atom is 0.276 e. The lowest BCUT2D eigenvalue weighted by Gasteiger charge is -2.08. The molecule has 0 saturated carbocycles. The van der Waals surface area contributed by atoms with E-state index < -0.39 is 20.9 Å². The molecule has 0 unspecified atom stereocenters. The third kappa shape index (κ3) is 5.92. The molecule has 1 amide bonds. The summed E-state index contributed by atoms with van der Waals surface area (Å²) in [5.41, 5.74) is 0.291. The maximum atomic E-state index is 12.5. The Morgan fingerprint density at radius 2 is 1.97 bits per heavy atom. The second-order valence-corrected chi connectivity index (χ2v) is 9.79. The number of non-ortho nitro benzene ring substituents is 1. The highest BCUT2D eigenvalue weighted by atomic mass is 35.5. The summed E-state index contributed by atoms with van der Waals surface area (Å²) in [4.78, 5) is 26.6. The van der Waals surface area contributed by atoms with Gasteiger partial charge in [-0.05, 0) is 36.4 Å². The summed E-state index contributed by atoms with van der Waals surface area (Å²) in [5, 5.41) is 19.5. The minimum Gasteiger partial charge on any atom is -0.470 e. The van der Waals surface area contributed by atoms with Crippen LogP contribution >= 0.6 is 22.9 Å². The number of benzene rings is 2. The fraction of sp³-hybridized carbons (Fsp3) is 0.0500. The monoisotopic (exact) mass is 534 g/mol. The van der Waals surface area contributed by atoms with Crippen LogP contribution in [0.15, 0.2) is 71.2 Å². The topological polar surface area (TPSA) is 158 Å². The van der Waals surface area contributed by atoms with E-state index in [-0.39, 0.29) is 38.9 Å². The Morgan fingerprint density at radius 3 is 2.63 bits per heavy atom. The summed E-state index contributed by atoms with van der Waals surface area (Å²) in [5.74, 6) is -0.299. The molecule has 2 heterocycles. The summed E-state index contributed by atoms with van der Waals surface area (Å²) in [6.45, 7) is -0.0938. The minimum absolute atomic E-state index is 0.0111. The number of amides is 1. The van der Waals surface area contributed by atoms with Gasteiger partial charge in [-0.1, -0.05) is 11.6 Å². The standard InChI is InChI=1S/C20H15ClN6O6S2/c21-16-11-14(27(29)30)3-6-18(16)33-12-26-9-7-17(24-26)19(28)23-13-1-4-15(5-2-13)35(31,32)25-20-22-8-10-34-20/h1-11H,12H2,(H,22,25)(H,23,28). The fourth-order valence-electron chi connectivity index (χ4n) is 2.77. The number of nitro groups is 1. The molecule has 4 rings (SSSR count). The van der Waals surface area contributed by atoms with Gasteiger partial charge in [-0.25, -0.2) is 18.1 Å². The largest absolute Gasteiger partial charge is 0.470 e. The van der Waals surface area contributed by atoms with Crippen LogP contribution in [-0.2, 0) is 16.8 Å². The van der Waals surface area contributed by atoms with Crippen LogP contribution in [0.25, 0.3) is 0 Å². The molecule has 2 N–H and O–H groups in total. The molecule has 2 aromatic carbocycles. The molecule has 0 saturated heterocycles. The number of aromatic nitrogens is 3. The molecule has 12 nitrogen and oxygen atoms in total. The number of hydrogen-bond donors (Lipinski definition) is 2. The van der Waals surface area contributed by atoms with Gasteiger partial charge in [0.1, 0.15) is 5.75 Å². The van der Waals surface area contributed by atoms with Gasteiger partial charge in [0.05, 0.1) is 14.8 Å². The highest BCUT2D eigenvalue weighted by molar-refractivity contribution is 7.93. The van der Waals surface area contributed by atoms with E-state index in [0.29, 0.717) is 5.69 Å². The Labute approximate surface area is 207 Å². The van der Waals surface area contributed by atoms with Gasteiger partial charge in [0.15, 0.2) is 17.6 Å². The van der Waals surface area contributed by atoms with Crippen molar-refractivity contribution < 1.29 is 22.9 Å². The quantitative estimate of drug-likeness (QED) is 0.241. The summed E-state index contributed by atoms with van der Waals surface area (Å²) < 4.78 is 34.0. The van der Waals surface area contributed by atoms with Gasteiger partial charge >= 0.3 is 0 Å². The smallest absolute Gasteiger partial charge is 0.276 e. The number of anilines is 2. The van der Waals surface area contributed by atoms with E-state index in [2.05, 4.69) is 20.1 Å². The number of thiazole rings is 1. The molecule has 15 heteroatoms. The summed E-state index contributed by atoms with van der Waals surface area (Å²) in [6, 6.07) is 10.9. The fourth-order valence-corrected chi connectivity index (χ4v) is 4.79. The van der Waals surface area contributed by atoms with E-state index in [1.165, 1.54) is 65.6 Å². The number of rotatable bonds is 9. The molecule has 0 aliphatic carbocycles. The Kier molecular flexibility index (Phi) is 6.95. The van der Waals surface area contributed by atoms with Crippen molar-refractivity contribution in [3.8, 4) is 5.75 Å². The molecular formula is C20H15ClN6O6S2. The van der Waals surface area contributed by atoms with Crippen LogP contribution < -0.4 is 14.8 Å². The predicted octanol–water partition coefficient (Wildman–Crippen LogP) is 3.99. The van der Waals surface area contributed by atoms with Crippen molar-refractivity contribution in [2.24, 2.45) is 0 Å². The van der Waals surface area contributed by atoms with Crippen molar-refractivity contribution in [3.63, 3.8) is 0 Å². The second kappa shape index (κ2) is 10.1. The molecule has 0 aliphatic heterocycles. The van der Waals surface area contributed by atoms with Gasteiger partial charge in [-0.3, -0.25) is 19.6 Å². The van der Waals surface area contributed by atoms with Crippen LogP contribution in [-0.4, -0.2) is 34.0 Å². The number of sulfonamides is 1. The number of hydrogen-bond acceptors (Lipinski definition) is 9. The first kappa shape index (κ1) is 24.1. The highest BCUT2D eigenvalue weighted by Gasteiger charge is 2.16. The summed E-state index contributed by atoms with van der Waals surface area (Å²) in [6.07, 6.45) is 2.99. The summed E-state index contributed by atoms with van der Waals surface area (Å²) >= 11 is 7.15. The Hall–Kier alpha value is -4.01. The highest BCUT2D eigenvalue weighted by Crippen LogP contribution is 2.28. The van der Waals surface area contributed by atoms with Gasteiger partial charge in [0.25, 0.3) is 21.6 Å². The number of carbonyl (C=O) groups excluding carboxylic acids is 1. The second-order valence-electron chi connectivity index (χ2n) is 6.81. The van der Waals surface area contributed by atoms with Crippen molar-refractivity contribution in [2.75, 3.05) is 10.0 Å².